The Morgan fingerprint density at radius 2 is 1.95 bits per heavy atom. The number of nitrogens with one attached hydrogen (secondary N) is 1. The molecule has 120 valence electrons. The molecule has 0 amide bonds. The van der Waals surface area contributed by atoms with Gasteiger partial charge in [0.15, 0.2) is 5.82 Å². The summed E-state index contributed by atoms with van der Waals surface area (Å²) in [6.07, 6.45) is 0.504. The number of nitrogens with zero attached hydrogens (tertiary/aromatic N) is 4. The van der Waals surface area contributed by atoms with Crippen molar-refractivity contribution in [2.45, 2.75) is 52.9 Å². The van der Waals surface area contributed by atoms with Crippen molar-refractivity contribution in [1.82, 2.24) is 15.1 Å². The Bertz CT molecular complexity index is 558. The Hall–Kier alpha value is -1.71. The third-order valence-electron chi connectivity index (χ3n) is 4.20. The molecule has 0 saturated carbocycles. The van der Waals surface area contributed by atoms with Crippen molar-refractivity contribution in [2.75, 3.05) is 25.0 Å². The van der Waals surface area contributed by atoms with Gasteiger partial charge in [-0.2, -0.15) is 10.4 Å². The van der Waals surface area contributed by atoms with Crippen molar-refractivity contribution in [3.05, 3.63) is 16.8 Å². The second kappa shape index (κ2) is 7.03. The molecular formula is C16H25N5O. The van der Waals surface area contributed by atoms with Gasteiger partial charge in [0.05, 0.1) is 17.9 Å². The van der Waals surface area contributed by atoms with Gasteiger partial charge in [0, 0.05) is 25.7 Å². The second-order valence-corrected chi connectivity index (χ2v) is 6.19. The molecule has 1 N–H and O–H groups in total. The highest BCUT2D eigenvalue weighted by molar-refractivity contribution is 5.55. The van der Waals surface area contributed by atoms with Crippen molar-refractivity contribution >= 4 is 5.82 Å². The summed E-state index contributed by atoms with van der Waals surface area (Å²) in [5, 5.41) is 20.8. The molecule has 0 aliphatic carbocycles. The zero-order valence-electron chi connectivity index (χ0n) is 14.1. The van der Waals surface area contributed by atoms with Crippen LogP contribution in [-0.4, -0.2) is 53.0 Å². The van der Waals surface area contributed by atoms with E-state index >= 15 is 0 Å². The minimum atomic E-state index is 0.252. The summed E-state index contributed by atoms with van der Waals surface area (Å²) in [7, 11) is 0. The predicted molar refractivity (Wildman–Crippen MR) is 85.8 cm³/mol. The van der Waals surface area contributed by atoms with E-state index in [2.05, 4.69) is 47.3 Å². The molecule has 1 fully saturated rings. The molecule has 1 aromatic heterocycles. The number of ether oxygens (including phenoxy) is 1. The van der Waals surface area contributed by atoms with E-state index in [0.717, 1.165) is 30.9 Å². The molecule has 1 aliphatic heterocycles. The van der Waals surface area contributed by atoms with Crippen LogP contribution in [0.15, 0.2) is 0 Å². The third-order valence-corrected chi connectivity index (χ3v) is 4.20. The zero-order valence-corrected chi connectivity index (χ0v) is 14.1. The van der Waals surface area contributed by atoms with Gasteiger partial charge in [0.1, 0.15) is 11.6 Å². The van der Waals surface area contributed by atoms with E-state index in [9.17, 15) is 5.26 Å². The maximum absolute atomic E-state index is 9.32. The van der Waals surface area contributed by atoms with E-state index in [1.165, 1.54) is 0 Å². The zero-order chi connectivity index (χ0) is 16.3. The highest BCUT2D eigenvalue weighted by Crippen LogP contribution is 2.18. The molecule has 2 heterocycles. The minimum Gasteiger partial charge on any atom is -0.373 e. The first kappa shape index (κ1) is 16.7. The van der Waals surface area contributed by atoms with E-state index in [0.29, 0.717) is 17.4 Å². The summed E-state index contributed by atoms with van der Waals surface area (Å²) >= 11 is 0. The number of hydrogen-bond acceptors (Lipinski definition) is 6. The first-order valence-corrected chi connectivity index (χ1v) is 7.79. The van der Waals surface area contributed by atoms with E-state index in [1.807, 2.05) is 13.8 Å². The maximum Gasteiger partial charge on any atom is 0.166 e. The first-order chi connectivity index (χ1) is 10.4. The lowest BCUT2D eigenvalue weighted by molar-refractivity contribution is -0.0769. The molecule has 0 spiro atoms. The van der Waals surface area contributed by atoms with Crippen molar-refractivity contribution in [1.29, 1.82) is 5.26 Å². The van der Waals surface area contributed by atoms with Gasteiger partial charge in [-0.3, -0.25) is 4.90 Å². The molecule has 3 atom stereocenters. The fourth-order valence-corrected chi connectivity index (χ4v) is 2.82. The molecule has 6 heteroatoms. The quantitative estimate of drug-likeness (QED) is 0.915. The largest absolute Gasteiger partial charge is 0.373 e. The van der Waals surface area contributed by atoms with Crippen LogP contribution in [0.25, 0.3) is 0 Å². The lowest BCUT2D eigenvalue weighted by Gasteiger charge is -2.39. The van der Waals surface area contributed by atoms with Gasteiger partial charge in [-0.25, -0.2) is 0 Å². The van der Waals surface area contributed by atoms with Crippen LogP contribution in [0.3, 0.4) is 0 Å². The number of aryl methyl sites for hydroxylation is 1. The molecule has 1 aliphatic rings. The molecule has 0 radical (unpaired) electrons. The number of rotatable bonds is 4. The van der Waals surface area contributed by atoms with Crippen LogP contribution in [0, 0.1) is 25.2 Å². The summed E-state index contributed by atoms with van der Waals surface area (Å²) in [5.74, 6) is 0.576. The Morgan fingerprint density at radius 3 is 2.55 bits per heavy atom. The van der Waals surface area contributed by atoms with Crippen molar-refractivity contribution in [3.8, 4) is 6.07 Å². The summed E-state index contributed by atoms with van der Waals surface area (Å²) in [6.45, 7) is 12.7. The van der Waals surface area contributed by atoms with E-state index in [-0.39, 0.29) is 12.2 Å². The number of morpholine rings is 1. The molecular weight excluding hydrogens is 278 g/mol. The van der Waals surface area contributed by atoms with Crippen LogP contribution in [-0.2, 0) is 4.74 Å². The normalized spacial score (nSPS) is 23.8. The van der Waals surface area contributed by atoms with Crippen LogP contribution in [0.4, 0.5) is 5.82 Å². The third kappa shape index (κ3) is 3.73. The Balaban J connectivity index is 2.01. The lowest BCUT2D eigenvalue weighted by Crippen LogP contribution is -2.51. The Labute approximate surface area is 132 Å². The minimum absolute atomic E-state index is 0.252. The fraction of sp³-hybridized carbons (Fsp3) is 0.688. The summed E-state index contributed by atoms with van der Waals surface area (Å²) in [6, 6.07) is 2.56. The van der Waals surface area contributed by atoms with Crippen LogP contribution >= 0.6 is 0 Å². The number of hydrogen-bond donors (Lipinski definition) is 1. The molecule has 2 rings (SSSR count). The van der Waals surface area contributed by atoms with Gasteiger partial charge in [0.2, 0.25) is 0 Å². The van der Waals surface area contributed by atoms with Gasteiger partial charge < -0.3 is 10.1 Å². The smallest absolute Gasteiger partial charge is 0.166 e. The van der Waals surface area contributed by atoms with Gasteiger partial charge in [-0.05, 0) is 40.2 Å². The van der Waals surface area contributed by atoms with Gasteiger partial charge >= 0.3 is 0 Å². The van der Waals surface area contributed by atoms with E-state index in [1.54, 1.807) is 0 Å². The maximum atomic E-state index is 9.32. The Kier molecular flexibility index (Phi) is 5.33. The SMILES string of the molecule is Cc1nnc(NC[C@H](C)N2C[C@H](C)O[C@@H](C)C2)c(C#N)c1C. The second-order valence-electron chi connectivity index (χ2n) is 6.19. The molecule has 22 heavy (non-hydrogen) atoms. The van der Waals surface area contributed by atoms with Crippen molar-refractivity contribution < 1.29 is 4.74 Å². The summed E-state index contributed by atoms with van der Waals surface area (Å²) in [4.78, 5) is 2.41. The molecule has 1 aromatic rings. The first-order valence-electron chi connectivity index (χ1n) is 7.79. The fourth-order valence-electron chi connectivity index (χ4n) is 2.82. The van der Waals surface area contributed by atoms with Gasteiger partial charge in [-0.1, -0.05) is 0 Å². The number of nitriles is 1. The Morgan fingerprint density at radius 1 is 1.32 bits per heavy atom. The number of anilines is 1. The highest BCUT2D eigenvalue weighted by Gasteiger charge is 2.25. The average molecular weight is 303 g/mol. The van der Waals surface area contributed by atoms with Gasteiger partial charge in [0.25, 0.3) is 0 Å². The van der Waals surface area contributed by atoms with Crippen molar-refractivity contribution in [2.24, 2.45) is 0 Å². The standard InChI is InChI=1S/C16H25N5O/c1-10(21-8-11(2)22-12(3)9-21)7-18-16-15(6-17)13(4)14(5)19-20-16/h10-12H,7-9H2,1-5H3,(H,18,20)/t10-,11-,12-/m0/s1. The van der Waals surface area contributed by atoms with Crippen LogP contribution in [0.5, 0.6) is 0 Å². The molecule has 0 unspecified atom stereocenters. The lowest BCUT2D eigenvalue weighted by atomic mass is 10.1. The topological polar surface area (TPSA) is 74.1 Å². The molecule has 0 aromatic carbocycles. The van der Waals surface area contributed by atoms with E-state index in [4.69, 9.17) is 4.74 Å². The van der Waals surface area contributed by atoms with Crippen molar-refractivity contribution in [3.63, 3.8) is 0 Å². The summed E-state index contributed by atoms with van der Waals surface area (Å²) in [5.41, 5.74) is 2.27. The molecule has 1 saturated heterocycles. The molecule has 6 nitrogen and oxygen atoms in total. The molecule has 0 bridgehead atoms. The average Bonchev–Trinajstić information content (AvgIpc) is 2.47. The van der Waals surface area contributed by atoms with Crippen LogP contribution in [0.2, 0.25) is 0 Å². The predicted octanol–water partition coefficient (Wildman–Crippen LogP) is 1.87. The number of aromatic nitrogens is 2. The van der Waals surface area contributed by atoms with E-state index < -0.39 is 0 Å². The monoisotopic (exact) mass is 303 g/mol. The highest BCUT2D eigenvalue weighted by atomic mass is 16.5. The van der Waals surface area contributed by atoms with Gasteiger partial charge in [-0.15, -0.1) is 5.10 Å². The van der Waals surface area contributed by atoms with Crippen LogP contribution < -0.4 is 5.32 Å². The summed E-state index contributed by atoms with van der Waals surface area (Å²) < 4.78 is 5.77. The van der Waals surface area contributed by atoms with Crippen LogP contribution in [0.1, 0.15) is 37.6 Å².